The maximum absolute atomic E-state index is 12.2. The fourth-order valence-corrected chi connectivity index (χ4v) is 2.92. The molecule has 0 atom stereocenters. The predicted molar refractivity (Wildman–Crippen MR) is 97.0 cm³/mol. The van der Waals surface area contributed by atoms with Gasteiger partial charge in [0.05, 0.1) is 16.2 Å². The van der Waals surface area contributed by atoms with Crippen molar-refractivity contribution in [2.75, 3.05) is 12.1 Å². The van der Waals surface area contributed by atoms with Gasteiger partial charge in [0.1, 0.15) is 0 Å². The van der Waals surface area contributed by atoms with Crippen LogP contribution < -0.4 is 14.8 Å². The molecule has 2 heterocycles. The molecular weight excluding hydrogens is 340 g/mol. The van der Waals surface area contributed by atoms with Crippen molar-refractivity contribution >= 4 is 40.2 Å². The van der Waals surface area contributed by atoms with Crippen LogP contribution in [0.3, 0.4) is 0 Å². The van der Waals surface area contributed by atoms with Crippen molar-refractivity contribution in [2.45, 2.75) is 0 Å². The van der Waals surface area contributed by atoms with Gasteiger partial charge < -0.3 is 14.8 Å². The summed E-state index contributed by atoms with van der Waals surface area (Å²) in [6, 6.07) is 12.8. The lowest BCUT2D eigenvalue weighted by Gasteiger charge is -2.06. The van der Waals surface area contributed by atoms with Gasteiger partial charge in [0.2, 0.25) is 12.7 Å². The number of anilines is 1. The number of carbonyl (C=O) groups is 1. The van der Waals surface area contributed by atoms with Gasteiger partial charge in [0.25, 0.3) is 0 Å². The Hall–Kier alpha value is -3.05. The van der Waals surface area contributed by atoms with Crippen LogP contribution >= 0.6 is 11.6 Å². The lowest BCUT2D eigenvalue weighted by atomic mass is 10.1. The van der Waals surface area contributed by atoms with E-state index < -0.39 is 0 Å². The number of rotatable bonds is 3. The number of carbonyl (C=O) groups excluding carboxylic acids is 1. The molecule has 5 nitrogen and oxygen atoms in total. The Morgan fingerprint density at radius 3 is 3.04 bits per heavy atom. The second-order valence-corrected chi connectivity index (χ2v) is 5.84. The van der Waals surface area contributed by atoms with E-state index >= 15 is 0 Å². The summed E-state index contributed by atoms with van der Waals surface area (Å²) in [6.07, 6.45) is 4.84. The molecule has 1 amide bonds. The lowest BCUT2D eigenvalue weighted by molar-refractivity contribution is -0.111. The summed E-state index contributed by atoms with van der Waals surface area (Å²) >= 11 is 6.14. The van der Waals surface area contributed by atoms with Crippen LogP contribution in [0.4, 0.5) is 5.69 Å². The molecule has 0 aliphatic carbocycles. The molecule has 0 radical (unpaired) electrons. The van der Waals surface area contributed by atoms with E-state index in [4.69, 9.17) is 21.1 Å². The number of halogens is 1. The van der Waals surface area contributed by atoms with E-state index in [0.717, 1.165) is 16.5 Å². The highest BCUT2D eigenvalue weighted by Crippen LogP contribution is 2.40. The van der Waals surface area contributed by atoms with Crippen LogP contribution in [0.25, 0.3) is 17.0 Å². The Labute approximate surface area is 148 Å². The smallest absolute Gasteiger partial charge is 0.248 e. The maximum Gasteiger partial charge on any atom is 0.248 e. The first kappa shape index (κ1) is 15.5. The zero-order valence-electron chi connectivity index (χ0n) is 13.0. The van der Waals surface area contributed by atoms with Crippen LogP contribution in [0.1, 0.15) is 5.56 Å². The number of pyridine rings is 1. The van der Waals surface area contributed by atoms with E-state index in [1.54, 1.807) is 24.4 Å². The average Bonchev–Trinajstić information content (AvgIpc) is 3.10. The first-order valence-electron chi connectivity index (χ1n) is 7.63. The zero-order chi connectivity index (χ0) is 17.2. The third-order valence-corrected chi connectivity index (χ3v) is 4.06. The summed E-state index contributed by atoms with van der Waals surface area (Å²) < 4.78 is 10.6. The van der Waals surface area contributed by atoms with E-state index in [9.17, 15) is 4.79 Å². The number of hydrogen-bond donors (Lipinski definition) is 1. The standard InChI is InChI=1S/C19H13ClN2O3/c20-14-9-12(10-17-19(14)25-11-24-17)6-7-18(23)22-16-5-1-4-15-13(16)3-2-8-21-15/h1-10H,11H2,(H,22,23). The van der Waals surface area contributed by atoms with Gasteiger partial charge >= 0.3 is 0 Å². The van der Waals surface area contributed by atoms with Crippen molar-refractivity contribution in [3.63, 3.8) is 0 Å². The van der Waals surface area contributed by atoms with Crippen molar-refractivity contribution in [1.82, 2.24) is 4.98 Å². The van der Waals surface area contributed by atoms with E-state index in [2.05, 4.69) is 10.3 Å². The maximum atomic E-state index is 12.2. The van der Waals surface area contributed by atoms with E-state index in [0.29, 0.717) is 22.2 Å². The first-order chi connectivity index (χ1) is 12.2. The number of ether oxygens (including phenoxy) is 2. The number of hydrogen-bond acceptors (Lipinski definition) is 4. The minimum absolute atomic E-state index is 0.151. The number of amides is 1. The van der Waals surface area contributed by atoms with E-state index in [1.165, 1.54) is 6.08 Å². The van der Waals surface area contributed by atoms with Gasteiger partial charge in [-0.25, -0.2) is 0 Å². The molecule has 0 fully saturated rings. The lowest BCUT2D eigenvalue weighted by Crippen LogP contribution is -2.08. The third kappa shape index (κ3) is 3.14. The molecule has 0 saturated heterocycles. The van der Waals surface area contributed by atoms with Gasteiger partial charge in [-0.2, -0.15) is 0 Å². The highest BCUT2D eigenvalue weighted by Gasteiger charge is 2.17. The van der Waals surface area contributed by atoms with Crippen LogP contribution in [0.2, 0.25) is 5.02 Å². The largest absolute Gasteiger partial charge is 0.454 e. The van der Waals surface area contributed by atoms with Crippen LogP contribution in [0.5, 0.6) is 11.5 Å². The van der Waals surface area contributed by atoms with E-state index in [-0.39, 0.29) is 12.7 Å². The molecule has 3 aromatic rings. The zero-order valence-corrected chi connectivity index (χ0v) is 13.8. The van der Waals surface area contributed by atoms with Crippen molar-refractivity contribution < 1.29 is 14.3 Å². The highest BCUT2D eigenvalue weighted by molar-refractivity contribution is 6.32. The Morgan fingerprint density at radius 1 is 1.20 bits per heavy atom. The minimum Gasteiger partial charge on any atom is -0.454 e. The first-order valence-corrected chi connectivity index (χ1v) is 8.00. The van der Waals surface area contributed by atoms with Crippen LogP contribution in [0.15, 0.2) is 54.7 Å². The molecule has 6 heteroatoms. The molecule has 0 spiro atoms. The molecule has 1 aromatic heterocycles. The van der Waals surface area contributed by atoms with E-state index in [1.807, 2.05) is 30.3 Å². The summed E-state index contributed by atoms with van der Waals surface area (Å²) in [5.41, 5.74) is 2.29. The number of nitrogens with one attached hydrogen (secondary N) is 1. The molecule has 1 N–H and O–H groups in total. The summed E-state index contributed by atoms with van der Waals surface area (Å²) in [5.74, 6) is 0.865. The summed E-state index contributed by atoms with van der Waals surface area (Å²) in [4.78, 5) is 16.5. The summed E-state index contributed by atoms with van der Waals surface area (Å²) in [5, 5.41) is 4.21. The molecule has 4 rings (SSSR count). The number of nitrogens with zero attached hydrogens (tertiary/aromatic N) is 1. The Balaban J connectivity index is 1.54. The number of fused-ring (bicyclic) bond motifs is 2. The molecule has 2 aromatic carbocycles. The Bertz CT molecular complexity index is 996. The van der Waals surface area contributed by atoms with Crippen molar-refractivity contribution in [2.24, 2.45) is 0 Å². The fourth-order valence-electron chi connectivity index (χ4n) is 2.64. The van der Waals surface area contributed by atoms with Crippen molar-refractivity contribution in [1.29, 1.82) is 0 Å². The monoisotopic (exact) mass is 352 g/mol. The van der Waals surface area contributed by atoms with Gasteiger partial charge in [-0.15, -0.1) is 0 Å². The third-order valence-electron chi connectivity index (χ3n) is 3.78. The van der Waals surface area contributed by atoms with Crippen molar-refractivity contribution in [3.05, 3.63) is 65.3 Å². The molecule has 0 unspecified atom stereocenters. The van der Waals surface area contributed by atoms with Crippen LogP contribution in [-0.2, 0) is 4.79 Å². The normalized spacial score (nSPS) is 12.7. The molecule has 0 bridgehead atoms. The number of benzene rings is 2. The van der Waals surface area contributed by atoms with Gasteiger partial charge in [-0.05, 0) is 48.0 Å². The molecule has 0 saturated carbocycles. The fraction of sp³-hybridized carbons (Fsp3) is 0.0526. The Morgan fingerprint density at radius 2 is 2.12 bits per heavy atom. The minimum atomic E-state index is -0.245. The predicted octanol–water partition coefficient (Wildman–Crippen LogP) is 4.27. The van der Waals surface area contributed by atoms with Crippen molar-refractivity contribution in [3.8, 4) is 11.5 Å². The number of aromatic nitrogens is 1. The molecular formula is C19H13ClN2O3. The SMILES string of the molecule is O=C(C=Cc1cc(Cl)c2c(c1)OCO2)Nc1cccc2ncccc12. The summed E-state index contributed by atoms with van der Waals surface area (Å²) in [7, 11) is 0. The summed E-state index contributed by atoms with van der Waals surface area (Å²) in [6.45, 7) is 0.151. The van der Waals surface area contributed by atoms with Gasteiger partial charge in [0.15, 0.2) is 11.5 Å². The average molecular weight is 353 g/mol. The highest BCUT2D eigenvalue weighted by atomic mass is 35.5. The quantitative estimate of drug-likeness (QED) is 0.715. The van der Waals surface area contributed by atoms with Gasteiger partial charge in [-0.3, -0.25) is 9.78 Å². The molecule has 124 valence electrons. The topological polar surface area (TPSA) is 60.5 Å². The van der Waals surface area contributed by atoms with Crippen LogP contribution in [0, 0.1) is 0 Å². The molecule has 1 aliphatic heterocycles. The van der Waals surface area contributed by atoms with Gasteiger partial charge in [-0.1, -0.05) is 17.7 Å². The molecule has 25 heavy (non-hydrogen) atoms. The van der Waals surface area contributed by atoms with Gasteiger partial charge in [0, 0.05) is 17.7 Å². The molecule has 1 aliphatic rings. The van der Waals surface area contributed by atoms with Crippen LogP contribution in [-0.4, -0.2) is 17.7 Å². The second-order valence-electron chi connectivity index (χ2n) is 5.43. The Kier molecular flexibility index (Phi) is 3.99. The second kappa shape index (κ2) is 6.45.